The zero-order chi connectivity index (χ0) is 12.0. The van der Waals surface area contributed by atoms with Gasteiger partial charge in [-0.3, -0.25) is 0 Å². The first-order valence-corrected chi connectivity index (χ1v) is 5.66. The average Bonchev–Trinajstić information content (AvgIpc) is 2.29. The van der Waals surface area contributed by atoms with E-state index in [9.17, 15) is 4.39 Å². The van der Waals surface area contributed by atoms with Crippen LogP contribution in [-0.4, -0.2) is 30.1 Å². The Balaban J connectivity index is 2.79. The van der Waals surface area contributed by atoms with Crippen molar-refractivity contribution in [3.8, 4) is 0 Å². The third-order valence-electron chi connectivity index (χ3n) is 2.27. The molecule has 0 unspecified atom stereocenters. The number of unbranched alkanes of at least 4 members (excludes halogenated alkanes) is 1. The molecule has 4 nitrogen and oxygen atoms in total. The molecular formula is C11H19FN4. The summed E-state index contributed by atoms with van der Waals surface area (Å²) >= 11 is 0. The number of nitrogens with one attached hydrogen (secondary N) is 1. The van der Waals surface area contributed by atoms with E-state index in [4.69, 9.17) is 0 Å². The minimum Gasteiger partial charge on any atom is -0.357 e. The number of halogens is 1. The molecule has 0 bridgehead atoms. The van der Waals surface area contributed by atoms with Crippen LogP contribution in [0.25, 0.3) is 0 Å². The fourth-order valence-corrected chi connectivity index (χ4v) is 1.37. The predicted molar refractivity (Wildman–Crippen MR) is 64.3 cm³/mol. The maximum absolute atomic E-state index is 13.5. The maximum atomic E-state index is 13.5. The summed E-state index contributed by atoms with van der Waals surface area (Å²) in [6.07, 6.45) is 3.32. The molecule has 1 N–H and O–H groups in total. The second-order valence-corrected chi connectivity index (χ2v) is 3.67. The van der Waals surface area contributed by atoms with Crippen LogP contribution >= 0.6 is 0 Å². The lowest BCUT2D eigenvalue weighted by Crippen LogP contribution is -2.21. The number of aromatic nitrogens is 2. The van der Waals surface area contributed by atoms with Gasteiger partial charge in [0, 0.05) is 20.1 Å². The Labute approximate surface area is 95.9 Å². The van der Waals surface area contributed by atoms with E-state index in [1.165, 1.54) is 6.20 Å². The fraction of sp³-hybridized carbons (Fsp3) is 0.636. The zero-order valence-electron chi connectivity index (χ0n) is 10.1. The minimum absolute atomic E-state index is 0.361. The minimum atomic E-state index is -0.375. The van der Waals surface area contributed by atoms with E-state index < -0.39 is 0 Å². The molecule has 5 heteroatoms. The van der Waals surface area contributed by atoms with Crippen LogP contribution in [0.1, 0.15) is 26.7 Å². The van der Waals surface area contributed by atoms with Gasteiger partial charge in [0.05, 0.1) is 6.20 Å². The van der Waals surface area contributed by atoms with Crippen LogP contribution in [0.5, 0.6) is 0 Å². The lowest BCUT2D eigenvalue weighted by molar-refractivity contribution is 0.605. The zero-order valence-corrected chi connectivity index (χ0v) is 10.1. The SMILES string of the molecule is CCCCN(C)c1nc(NCC)ncc1F. The van der Waals surface area contributed by atoms with Gasteiger partial charge < -0.3 is 10.2 Å². The molecule has 1 aromatic heterocycles. The van der Waals surface area contributed by atoms with E-state index in [0.29, 0.717) is 11.8 Å². The molecule has 0 aliphatic rings. The molecule has 0 fully saturated rings. The van der Waals surface area contributed by atoms with Crippen LogP contribution < -0.4 is 10.2 Å². The molecule has 0 amide bonds. The first kappa shape index (κ1) is 12.7. The maximum Gasteiger partial charge on any atom is 0.224 e. The highest BCUT2D eigenvalue weighted by Crippen LogP contribution is 2.16. The van der Waals surface area contributed by atoms with E-state index in [2.05, 4.69) is 22.2 Å². The van der Waals surface area contributed by atoms with Crippen molar-refractivity contribution in [1.82, 2.24) is 9.97 Å². The molecule has 0 spiro atoms. The second kappa shape index (κ2) is 6.25. The topological polar surface area (TPSA) is 41.1 Å². The van der Waals surface area contributed by atoms with Crippen LogP contribution in [0.3, 0.4) is 0 Å². The van der Waals surface area contributed by atoms with Gasteiger partial charge in [0.1, 0.15) is 0 Å². The van der Waals surface area contributed by atoms with E-state index in [1.807, 2.05) is 18.9 Å². The molecule has 1 aromatic rings. The molecule has 0 aliphatic carbocycles. The molecule has 0 radical (unpaired) electrons. The van der Waals surface area contributed by atoms with Crippen molar-refractivity contribution in [3.63, 3.8) is 0 Å². The highest BCUT2D eigenvalue weighted by atomic mass is 19.1. The molecule has 1 rings (SSSR count). The molecular weight excluding hydrogens is 207 g/mol. The first-order chi connectivity index (χ1) is 7.69. The van der Waals surface area contributed by atoms with Gasteiger partial charge in [-0.05, 0) is 13.3 Å². The van der Waals surface area contributed by atoms with E-state index in [-0.39, 0.29) is 5.82 Å². The average molecular weight is 226 g/mol. The van der Waals surface area contributed by atoms with Gasteiger partial charge in [-0.2, -0.15) is 4.98 Å². The van der Waals surface area contributed by atoms with Gasteiger partial charge in [0.2, 0.25) is 5.95 Å². The highest BCUT2D eigenvalue weighted by Gasteiger charge is 2.10. The van der Waals surface area contributed by atoms with Gasteiger partial charge in [0.25, 0.3) is 0 Å². The van der Waals surface area contributed by atoms with Crippen LogP contribution in [0.4, 0.5) is 16.2 Å². The normalized spacial score (nSPS) is 10.2. The fourth-order valence-electron chi connectivity index (χ4n) is 1.37. The van der Waals surface area contributed by atoms with E-state index in [0.717, 1.165) is 25.9 Å². The quantitative estimate of drug-likeness (QED) is 0.808. The second-order valence-electron chi connectivity index (χ2n) is 3.67. The summed E-state index contributed by atoms with van der Waals surface area (Å²) in [4.78, 5) is 9.83. The van der Waals surface area contributed by atoms with Crippen LogP contribution in [0, 0.1) is 5.82 Å². The smallest absolute Gasteiger partial charge is 0.224 e. The van der Waals surface area contributed by atoms with Crippen LogP contribution in [0.2, 0.25) is 0 Å². The molecule has 0 aromatic carbocycles. The van der Waals surface area contributed by atoms with Gasteiger partial charge in [-0.15, -0.1) is 0 Å². The molecule has 90 valence electrons. The van der Waals surface area contributed by atoms with Crippen molar-refractivity contribution < 1.29 is 4.39 Å². The number of hydrogen-bond acceptors (Lipinski definition) is 4. The Morgan fingerprint density at radius 2 is 2.19 bits per heavy atom. The monoisotopic (exact) mass is 226 g/mol. The molecule has 0 atom stereocenters. The lowest BCUT2D eigenvalue weighted by Gasteiger charge is -2.18. The standard InChI is InChI=1S/C11H19FN4/c1-4-6-7-16(3)10-9(12)8-14-11(15-10)13-5-2/h8H,4-7H2,1-3H3,(H,13,14,15). The summed E-state index contributed by atoms with van der Waals surface area (Å²) in [6, 6.07) is 0. The van der Waals surface area contributed by atoms with Crippen LogP contribution in [-0.2, 0) is 0 Å². The molecule has 0 saturated carbocycles. The van der Waals surface area contributed by atoms with Crippen LogP contribution in [0.15, 0.2) is 6.20 Å². The Kier molecular flexibility index (Phi) is 4.95. The third-order valence-corrected chi connectivity index (χ3v) is 2.27. The summed E-state index contributed by atoms with van der Waals surface area (Å²) in [5.41, 5.74) is 0. The Hall–Kier alpha value is -1.39. The molecule has 1 heterocycles. The number of anilines is 2. The predicted octanol–water partition coefficient (Wildman–Crippen LogP) is 2.28. The van der Waals surface area contributed by atoms with Crippen molar-refractivity contribution >= 4 is 11.8 Å². The highest BCUT2D eigenvalue weighted by molar-refractivity contribution is 5.42. The summed E-state index contributed by atoms with van der Waals surface area (Å²) in [7, 11) is 1.84. The van der Waals surface area contributed by atoms with Crippen molar-refractivity contribution in [2.45, 2.75) is 26.7 Å². The van der Waals surface area contributed by atoms with Gasteiger partial charge in [-0.1, -0.05) is 13.3 Å². The Morgan fingerprint density at radius 1 is 1.44 bits per heavy atom. The lowest BCUT2D eigenvalue weighted by atomic mass is 10.3. The van der Waals surface area contributed by atoms with Gasteiger partial charge >= 0.3 is 0 Å². The largest absolute Gasteiger partial charge is 0.357 e. The van der Waals surface area contributed by atoms with E-state index >= 15 is 0 Å². The molecule has 16 heavy (non-hydrogen) atoms. The van der Waals surface area contributed by atoms with Gasteiger partial charge in [0.15, 0.2) is 11.6 Å². The summed E-state index contributed by atoms with van der Waals surface area (Å²) in [5.74, 6) is 0.460. The van der Waals surface area contributed by atoms with Crippen molar-refractivity contribution in [3.05, 3.63) is 12.0 Å². The van der Waals surface area contributed by atoms with E-state index in [1.54, 1.807) is 0 Å². The summed E-state index contributed by atoms with van der Waals surface area (Å²) in [5, 5.41) is 2.97. The molecule has 0 aliphatic heterocycles. The summed E-state index contributed by atoms with van der Waals surface area (Å²) < 4.78 is 13.5. The first-order valence-electron chi connectivity index (χ1n) is 5.66. The molecule has 0 saturated heterocycles. The Bertz CT molecular complexity index is 330. The number of rotatable bonds is 6. The van der Waals surface area contributed by atoms with Crippen molar-refractivity contribution in [2.24, 2.45) is 0 Å². The summed E-state index contributed by atoms with van der Waals surface area (Å²) in [6.45, 7) is 5.58. The Morgan fingerprint density at radius 3 is 2.81 bits per heavy atom. The van der Waals surface area contributed by atoms with Crippen molar-refractivity contribution in [2.75, 3.05) is 30.4 Å². The number of nitrogens with zero attached hydrogens (tertiary/aromatic N) is 3. The third kappa shape index (κ3) is 3.32. The van der Waals surface area contributed by atoms with Gasteiger partial charge in [-0.25, -0.2) is 9.37 Å². The van der Waals surface area contributed by atoms with Crippen molar-refractivity contribution in [1.29, 1.82) is 0 Å². The number of hydrogen-bond donors (Lipinski definition) is 1.